The Balaban J connectivity index is 2.48. The number of carboxylic acids is 1. The average molecular weight is 218 g/mol. The molecule has 0 radical (unpaired) electrons. The van der Waals surface area contributed by atoms with Crippen molar-refractivity contribution in [3.63, 3.8) is 0 Å². The SMILES string of the molecule is Nc1sc(-c2ccccc2)cc1C(=O)[O-]. The molecule has 4 heteroatoms. The quantitative estimate of drug-likeness (QED) is 0.827. The predicted molar refractivity (Wildman–Crippen MR) is 58.5 cm³/mol. The molecule has 1 heterocycles. The molecular weight excluding hydrogens is 210 g/mol. The number of nitrogens with two attached hydrogens (primary N) is 1. The van der Waals surface area contributed by atoms with E-state index in [1.165, 1.54) is 11.3 Å². The van der Waals surface area contributed by atoms with Crippen molar-refractivity contribution < 1.29 is 9.90 Å². The number of carbonyl (C=O) groups excluding carboxylic acids is 1. The number of thiophene rings is 1. The van der Waals surface area contributed by atoms with Gasteiger partial charge in [0.05, 0.1) is 11.0 Å². The maximum atomic E-state index is 10.7. The topological polar surface area (TPSA) is 66.2 Å². The van der Waals surface area contributed by atoms with Crippen molar-refractivity contribution in [2.75, 3.05) is 5.73 Å². The van der Waals surface area contributed by atoms with Crippen LogP contribution in [0.5, 0.6) is 0 Å². The summed E-state index contributed by atoms with van der Waals surface area (Å²) in [6, 6.07) is 11.0. The Morgan fingerprint density at radius 2 is 1.93 bits per heavy atom. The van der Waals surface area contributed by atoms with E-state index in [0.717, 1.165) is 10.4 Å². The van der Waals surface area contributed by atoms with Gasteiger partial charge in [0.1, 0.15) is 0 Å². The Labute approximate surface area is 90.8 Å². The molecule has 0 saturated carbocycles. The summed E-state index contributed by atoms with van der Waals surface area (Å²) >= 11 is 1.25. The van der Waals surface area contributed by atoms with Crippen LogP contribution in [0.25, 0.3) is 10.4 Å². The van der Waals surface area contributed by atoms with Gasteiger partial charge in [-0.15, -0.1) is 11.3 Å². The summed E-state index contributed by atoms with van der Waals surface area (Å²) in [6.45, 7) is 0. The second kappa shape index (κ2) is 3.74. The van der Waals surface area contributed by atoms with Crippen LogP contribution in [-0.4, -0.2) is 5.97 Å². The fourth-order valence-corrected chi connectivity index (χ4v) is 2.23. The van der Waals surface area contributed by atoms with Crippen LogP contribution < -0.4 is 10.8 Å². The minimum absolute atomic E-state index is 0.0684. The first kappa shape index (κ1) is 9.73. The highest BCUT2D eigenvalue weighted by Gasteiger charge is 2.07. The van der Waals surface area contributed by atoms with E-state index in [2.05, 4.69) is 0 Å². The molecule has 0 atom stereocenters. The van der Waals surface area contributed by atoms with Gasteiger partial charge in [-0.1, -0.05) is 30.3 Å². The molecule has 0 bridgehead atoms. The minimum atomic E-state index is -1.23. The summed E-state index contributed by atoms with van der Waals surface area (Å²) in [6.07, 6.45) is 0. The van der Waals surface area contributed by atoms with Gasteiger partial charge in [0.15, 0.2) is 0 Å². The molecule has 0 amide bonds. The third-order valence-corrected chi connectivity index (χ3v) is 3.05. The van der Waals surface area contributed by atoms with E-state index < -0.39 is 5.97 Å². The Morgan fingerprint density at radius 3 is 2.47 bits per heavy atom. The number of hydrogen-bond acceptors (Lipinski definition) is 4. The van der Waals surface area contributed by atoms with Gasteiger partial charge in [-0.05, 0) is 11.6 Å². The normalized spacial score (nSPS) is 10.1. The van der Waals surface area contributed by atoms with Crippen molar-refractivity contribution in [3.8, 4) is 10.4 Å². The molecule has 1 aromatic carbocycles. The number of benzene rings is 1. The predicted octanol–water partition coefficient (Wildman–Crippen LogP) is 1.36. The number of carbonyl (C=O) groups is 1. The number of carboxylic acid groups (broad SMARTS) is 1. The lowest BCUT2D eigenvalue weighted by molar-refractivity contribution is -0.254. The van der Waals surface area contributed by atoms with E-state index in [1.54, 1.807) is 6.07 Å². The summed E-state index contributed by atoms with van der Waals surface area (Å²) in [5.74, 6) is -1.23. The monoisotopic (exact) mass is 218 g/mol. The largest absolute Gasteiger partial charge is 0.545 e. The van der Waals surface area contributed by atoms with Crippen LogP contribution in [0.15, 0.2) is 36.4 Å². The van der Waals surface area contributed by atoms with Crippen LogP contribution in [0.1, 0.15) is 10.4 Å². The van der Waals surface area contributed by atoms with Gasteiger partial charge in [0, 0.05) is 10.4 Å². The van der Waals surface area contributed by atoms with E-state index in [-0.39, 0.29) is 10.6 Å². The molecule has 15 heavy (non-hydrogen) atoms. The van der Waals surface area contributed by atoms with Crippen LogP contribution in [0, 0.1) is 0 Å². The molecule has 0 aliphatic rings. The van der Waals surface area contributed by atoms with Gasteiger partial charge >= 0.3 is 0 Å². The van der Waals surface area contributed by atoms with Crippen molar-refractivity contribution in [3.05, 3.63) is 42.0 Å². The molecule has 3 nitrogen and oxygen atoms in total. The second-order valence-electron chi connectivity index (χ2n) is 3.04. The summed E-state index contributed by atoms with van der Waals surface area (Å²) in [5.41, 5.74) is 6.61. The van der Waals surface area contributed by atoms with Crippen molar-refractivity contribution in [1.82, 2.24) is 0 Å². The number of hydrogen-bond donors (Lipinski definition) is 1. The maximum absolute atomic E-state index is 10.7. The molecule has 0 unspecified atom stereocenters. The summed E-state index contributed by atoms with van der Waals surface area (Å²) in [5, 5.41) is 11.0. The fraction of sp³-hybridized carbons (Fsp3) is 0. The molecule has 1 aromatic heterocycles. The van der Waals surface area contributed by atoms with E-state index in [9.17, 15) is 9.90 Å². The van der Waals surface area contributed by atoms with E-state index >= 15 is 0 Å². The highest BCUT2D eigenvalue weighted by atomic mass is 32.1. The molecule has 0 spiro atoms. The smallest absolute Gasteiger partial charge is 0.0954 e. The lowest BCUT2D eigenvalue weighted by atomic mass is 10.1. The van der Waals surface area contributed by atoms with Crippen LogP contribution in [0.3, 0.4) is 0 Å². The van der Waals surface area contributed by atoms with Gasteiger partial charge in [-0.25, -0.2) is 0 Å². The van der Waals surface area contributed by atoms with Crippen molar-refractivity contribution in [2.45, 2.75) is 0 Å². The number of rotatable bonds is 2. The standard InChI is InChI=1S/C11H9NO2S/c12-10-8(11(13)14)6-9(15-10)7-4-2-1-3-5-7/h1-6H,12H2,(H,13,14)/p-1. The number of aromatic carboxylic acids is 1. The van der Waals surface area contributed by atoms with E-state index in [0.29, 0.717) is 0 Å². The Kier molecular flexibility index (Phi) is 2.43. The molecule has 0 saturated heterocycles. The third kappa shape index (κ3) is 1.85. The van der Waals surface area contributed by atoms with Crippen molar-refractivity contribution in [2.24, 2.45) is 0 Å². The Hall–Kier alpha value is -1.81. The lowest BCUT2D eigenvalue weighted by Gasteiger charge is -1.97. The highest BCUT2D eigenvalue weighted by Crippen LogP contribution is 2.32. The maximum Gasteiger partial charge on any atom is 0.0954 e. The van der Waals surface area contributed by atoms with Crippen LogP contribution in [-0.2, 0) is 0 Å². The zero-order valence-electron chi connectivity index (χ0n) is 7.77. The number of anilines is 1. The molecule has 2 rings (SSSR count). The zero-order chi connectivity index (χ0) is 10.8. The first-order chi connectivity index (χ1) is 7.18. The molecular formula is C11H8NO2S-. The van der Waals surface area contributed by atoms with Gasteiger partial charge < -0.3 is 15.6 Å². The molecule has 2 N–H and O–H groups in total. The molecule has 76 valence electrons. The van der Waals surface area contributed by atoms with Crippen LogP contribution >= 0.6 is 11.3 Å². The molecule has 0 aliphatic carbocycles. The fourth-order valence-electron chi connectivity index (χ4n) is 1.31. The lowest BCUT2D eigenvalue weighted by Crippen LogP contribution is -2.22. The third-order valence-electron chi connectivity index (χ3n) is 2.04. The Morgan fingerprint density at radius 1 is 1.27 bits per heavy atom. The van der Waals surface area contributed by atoms with Gasteiger partial charge in [-0.2, -0.15) is 0 Å². The van der Waals surface area contributed by atoms with Crippen LogP contribution in [0.2, 0.25) is 0 Å². The minimum Gasteiger partial charge on any atom is -0.545 e. The summed E-state index contributed by atoms with van der Waals surface area (Å²) in [4.78, 5) is 11.5. The van der Waals surface area contributed by atoms with Gasteiger partial charge in [0.2, 0.25) is 0 Å². The van der Waals surface area contributed by atoms with Gasteiger partial charge in [-0.3, -0.25) is 0 Å². The molecule has 2 aromatic rings. The zero-order valence-corrected chi connectivity index (χ0v) is 8.58. The first-order valence-corrected chi connectivity index (χ1v) is 5.16. The van der Waals surface area contributed by atoms with Crippen molar-refractivity contribution in [1.29, 1.82) is 0 Å². The molecule has 0 aliphatic heterocycles. The Bertz CT molecular complexity index is 491. The highest BCUT2D eigenvalue weighted by molar-refractivity contribution is 7.19. The number of nitrogen functional groups attached to an aromatic ring is 1. The second-order valence-corrected chi connectivity index (χ2v) is 4.13. The van der Waals surface area contributed by atoms with Crippen LogP contribution in [0.4, 0.5) is 5.00 Å². The van der Waals surface area contributed by atoms with E-state index in [1.807, 2.05) is 30.3 Å². The van der Waals surface area contributed by atoms with Gasteiger partial charge in [0.25, 0.3) is 0 Å². The van der Waals surface area contributed by atoms with E-state index in [4.69, 9.17) is 5.73 Å². The average Bonchev–Trinajstić information content (AvgIpc) is 2.62. The first-order valence-electron chi connectivity index (χ1n) is 4.34. The molecule has 0 fully saturated rings. The summed E-state index contributed by atoms with van der Waals surface area (Å²) < 4.78 is 0. The summed E-state index contributed by atoms with van der Waals surface area (Å²) in [7, 11) is 0. The van der Waals surface area contributed by atoms with Crippen molar-refractivity contribution >= 4 is 22.3 Å².